The number of allylic oxidation sites excluding steroid dienone is 2. The normalized spacial score (nSPS) is 46.9. The van der Waals surface area contributed by atoms with Crippen molar-refractivity contribution in [3.05, 3.63) is 11.6 Å². The maximum Gasteiger partial charge on any atom is 0.312 e. The zero-order valence-electron chi connectivity index (χ0n) is 22.4. The second-order valence-electron chi connectivity index (χ2n) is 14.3. The summed E-state index contributed by atoms with van der Waals surface area (Å²) in [5, 5.41) is 0. The average Bonchev–Trinajstić information content (AvgIpc) is 2.76. The van der Waals surface area contributed by atoms with Gasteiger partial charge in [0, 0.05) is 17.8 Å². The van der Waals surface area contributed by atoms with Crippen molar-refractivity contribution in [2.45, 2.75) is 99.3 Å². The fraction of sp³-hybridized carbons (Fsp3) is 0.833. The molecule has 5 aliphatic rings. The van der Waals surface area contributed by atoms with Crippen molar-refractivity contribution in [3.8, 4) is 0 Å². The van der Waals surface area contributed by atoms with Crippen molar-refractivity contribution >= 4 is 17.5 Å². The molecule has 7 unspecified atom stereocenters. The van der Waals surface area contributed by atoms with Crippen molar-refractivity contribution in [2.24, 2.45) is 50.7 Å². The summed E-state index contributed by atoms with van der Waals surface area (Å²) in [5.74, 6) is 1.04. The number of carbonyl (C=O) groups is 3. The number of hydrogen-bond acceptors (Lipinski definition) is 4. The summed E-state index contributed by atoms with van der Waals surface area (Å²) in [7, 11) is 1.51. The van der Waals surface area contributed by atoms with Gasteiger partial charge in [-0.25, -0.2) is 0 Å². The SMILES string of the molecule is COC(=O)C12CCC3C(C(=O)C=C4C3(C)CCC3C(C)(C)C(=O)CCC43C)C1CC(C)(C)CC2. The van der Waals surface area contributed by atoms with Crippen LogP contribution in [0.15, 0.2) is 11.6 Å². The van der Waals surface area contributed by atoms with Gasteiger partial charge in [-0.15, -0.1) is 0 Å². The van der Waals surface area contributed by atoms with Crippen LogP contribution >= 0.6 is 0 Å². The highest BCUT2D eigenvalue weighted by molar-refractivity contribution is 5.96. The molecule has 0 aromatic heterocycles. The fourth-order valence-corrected chi connectivity index (χ4v) is 10.0. The summed E-state index contributed by atoms with van der Waals surface area (Å²) in [6.45, 7) is 13.6. The molecule has 0 saturated heterocycles. The van der Waals surface area contributed by atoms with Crippen LogP contribution in [-0.2, 0) is 19.1 Å². The summed E-state index contributed by atoms with van der Waals surface area (Å²) >= 11 is 0. The van der Waals surface area contributed by atoms with Crippen LogP contribution < -0.4 is 0 Å². The summed E-state index contributed by atoms with van der Waals surface area (Å²) < 4.78 is 5.39. The van der Waals surface area contributed by atoms with Gasteiger partial charge in [-0.1, -0.05) is 47.1 Å². The zero-order valence-corrected chi connectivity index (χ0v) is 22.4. The number of ketones is 2. The van der Waals surface area contributed by atoms with E-state index in [9.17, 15) is 14.4 Å². The number of fused-ring (bicyclic) bond motifs is 7. The third kappa shape index (κ3) is 2.98. The molecular formula is C30H44O4. The number of rotatable bonds is 1. The highest BCUT2D eigenvalue weighted by Gasteiger charge is 2.67. The zero-order chi connectivity index (χ0) is 24.9. The number of esters is 1. The van der Waals surface area contributed by atoms with Crippen LogP contribution in [0.2, 0.25) is 0 Å². The Bertz CT molecular complexity index is 972. The average molecular weight is 469 g/mol. The number of carbonyl (C=O) groups excluding carboxylic acids is 3. The topological polar surface area (TPSA) is 60.4 Å². The molecule has 4 heteroatoms. The Balaban J connectivity index is 1.61. The monoisotopic (exact) mass is 468 g/mol. The molecule has 0 amide bonds. The smallest absolute Gasteiger partial charge is 0.312 e. The van der Waals surface area contributed by atoms with Gasteiger partial charge in [-0.2, -0.15) is 0 Å². The lowest BCUT2D eigenvalue weighted by molar-refractivity contribution is -0.179. The molecule has 0 N–H and O–H groups in total. The molecule has 4 fully saturated rings. The Morgan fingerprint density at radius 1 is 0.882 bits per heavy atom. The molecule has 4 nitrogen and oxygen atoms in total. The molecular weight excluding hydrogens is 424 g/mol. The third-order valence-corrected chi connectivity index (χ3v) is 11.9. The minimum atomic E-state index is -0.511. The van der Waals surface area contributed by atoms with Gasteiger partial charge in [0.2, 0.25) is 0 Å². The molecule has 0 bridgehead atoms. The number of methoxy groups -OCH3 is 1. The first-order valence-corrected chi connectivity index (χ1v) is 13.6. The van der Waals surface area contributed by atoms with E-state index in [1.54, 1.807) is 0 Å². The highest BCUT2D eigenvalue weighted by atomic mass is 16.5. The molecule has 188 valence electrons. The standard InChI is InChI=1S/C30H44O4/c1-26(2)14-15-30(25(33)34-7)13-8-18-24(19(30)17-26)20(31)16-22-28(18,5)11-9-21-27(3,4)23(32)10-12-29(21,22)6/h16,18-19,21,24H,8-15,17H2,1-7H3. The lowest BCUT2D eigenvalue weighted by Gasteiger charge is -2.65. The molecule has 7 atom stereocenters. The molecule has 0 aromatic carbocycles. The van der Waals surface area contributed by atoms with Crippen LogP contribution in [-0.4, -0.2) is 24.6 Å². The quantitative estimate of drug-likeness (QED) is 0.423. The van der Waals surface area contributed by atoms with Crippen molar-refractivity contribution in [3.63, 3.8) is 0 Å². The van der Waals surface area contributed by atoms with E-state index in [1.807, 2.05) is 6.08 Å². The Hall–Kier alpha value is -1.45. The Morgan fingerprint density at radius 2 is 1.59 bits per heavy atom. The van der Waals surface area contributed by atoms with Gasteiger partial charge in [0.1, 0.15) is 5.78 Å². The van der Waals surface area contributed by atoms with Gasteiger partial charge in [-0.3, -0.25) is 14.4 Å². The van der Waals surface area contributed by atoms with Crippen molar-refractivity contribution in [2.75, 3.05) is 7.11 Å². The predicted molar refractivity (Wildman–Crippen MR) is 132 cm³/mol. The lowest BCUT2D eigenvalue weighted by Crippen LogP contribution is -2.62. The lowest BCUT2D eigenvalue weighted by atomic mass is 9.38. The molecule has 5 aliphatic carbocycles. The van der Waals surface area contributed by atoms with E-state index in [0.717, 1.165) is 51.4 Å². The third-order valence-electron chi connectivity index (χ3n) is 11.9. The molecule has 0 radical (unpaired) electrons. The van der Waals surface area contributed by atoms with E-state index >= 15 is 0 Å². The maximum atomic E-state index is 14.1. The van der Waals surface area contributed by atoms with Crippen LogP contribution in [0.3, 0.4) is 0 Å². The Kier molecular flexibility index (Phi) is 5.20. The molecule has 0 spiro atoms. The van der Waals surface area contributed by atoms with Gasteiger partial charge in [0.05, 0.1) is 12.5 Å². The van der Waals surface area contributed by atoms with E-state index in [2.05, 4.69) is 41.5 Å². The number of ether oxygens (including phenoxy) is 1. The second kappa shape index (κ2) is 7.29. The minimum absolute atomic E-state index is 0.0375. The van der Waals surface area contributed by atoms with Crippen molar-refractivity contribution in [1.82, 2.24) is 0 Å². The maximum absolute atomic E-state index is 14.1. The van der Waals surface area contributed by atoms with Crippen LogP contribution in [0.4, 0.5) is 0 Å². The molecule has 34 heavy (non-hydrogen) atoms. The number of hydrogen-bond donors (Lipinski definition) is 0. The van der Waals surface area contributed by atoms with E-state index < -0.39 is 5.41 Å². The fourth-order valence-electron chi connectivity index (χ4n) is 10.0. The van der Waals surface area contributed by atoms with Gasteiger partial charge in [0.25, 0.3) is 0 Å². The first kappa shape index (κ1) is 24.3. The second-order valence-corrected chi connectivity index (χ2v) is 14.3. The van der Waals surface area contributed by atoms with Gasteiger partial charge < -0.3 is 4.74 Å². The number of Topliss-reactive ketones (excluding diaryl/α,β-unsaturated/α-hetero) is 1. The van der Waals surface area contributed by atoms with Gasteiger partial charge in [-0.05, 0) is 91.4 Å². The van der Waals surface area contributed by atoms with Gasteiger partial charge in [0.15, 0.2) is 5.78 Å². The minimum Gasteiger partial charge on any atom is -0.469 e. The van der Waals surface area contributed by atoms with Crippen LogP contribution in [0.5, 0.6) is 0 Å². The Labute approximate surface area is 205 Å². The summed E-state index contributed by atoms with van der Waals surface area (Å²) in [4.78, 5) is 40.2. The summed E-state index contributed by atoms with van der Waals surface area (Å²) in [5.41, 5.74) is 0.465. The highest BCUT2D eigenvalue weighted by Crippen LogP contribution is 2.71. The molecule has 5 rings (SSSR count). The van der Waals surface area contributed by atoms with Crippen LogP contribution in [0.25, 0.3) is 0 Å². The molecule has 0 aromatic rings. The van der Waals surface area contributed by atoms with Crippen molar-refractivity contribution < 1.29 is 19.1 Å². The van der Waals surface area contributed by atoms with E-state index in [-0.39, 0.29) is 57.1 Å². The van der Waals surface area contributed by atoms with Gasteiger partial charge >= 0.3 is 5.97 Å². The predicted octanol–water partition coefficient (Wildman–Crippen LogP) is 6.32. The van der Waals surface area contributed by atoms with E-state index in [1.165, 1.54) is 12.7 Å². The van der Waals surface area contributed by atoms with E-state index in [0.29, 0.717) is 12.2 Å². The first-order valence-electron chi connectivity index (χ1n) is 13.6. The van der Waals surface area contributed by atoms with Crippen LogP contribution in [0.1, 0.15) is 99.3 Å². The molecule has 0 heterocycles. The molecule has 0 aliphatic heterocycles. The Morgan fingerprint density at radius 3 is 2.26 bits per heavy atom. The van der Waals surface area contributed by atoms with E-state index in [4.69, 9.17) is 4.74 Å². The first-order chi connectivity index (χ1) is 15.7. The summed E-state index contributed by atoms with van der Waals surface area (Å²) in [6, 6.07) is 0. The van der Waals surface area contributed by atoms with Crippen molar-refractivity contribution in [1.29, 1.82) is 0 Å². The molecule has 4 saturated carbocycles. The summed E-state index contributed by atoms with van der Waals surface area (Å²) in [6.07, 6.45) is 10.1. The van der Waals surface area contributed by atoms with Crippen LogP contribution in [0, 0.1) is 50.7 Å². The largest absolute Gasteiger partial charge is 0.469 e.